The van der Waals surface area contributed by atoms with Crippen molar-refractivity contribution in [1.82, 2.24) is 0 Å². The molecule has 0 atom stereocenters. The molecular weight excluding hydrogens is 285 g/mol. The normalized spacial score (nSPS) is 29.2. The van der Waals surface area contributed by atoms with Gasteiger partial charge in [-0.2, -0.15) is 0 Å². The summed E-state index contributed by atoms with van der Waals surface area (Å²) in [6, 6.07) is 0. The van der Waals surface area contributed by atoms with Crippen LogP contribution in [0.25, 0.3) is 0 Å². The molecule has 43 valence electrons. The quantitative estimate of drug-likeness (QED) is 0.653. The molecule has 0 nitrogen and oxygen atoms in total. The first-order valence-electron chi connectivity index (χ1n) is 4.46. The standard InChI is InChI=1S/C7H13.Hg/c1-7-5-3-2-4-6-7;/h7H,1-6H2;/i1D2;. The van der Waals surface area contributed by atoms with Crippen LogP contribution >= 0.6 is 0 Å². The number of rotatable bonds is 1. The molecule has 1 rings (SSSR count). The monoisotopic (exact) mass is 301 g/mol. The third-order valence-electron chi connectivity index (χ3n) is 1.89. The Kier molecular flexibility index (Phi) is 2.27. The van der Waals surface area contributed by atoms with Crippen LogP contribution in [0.2, 0.25) is 3.88 Å². The Labute approximate surface area is 70.8 Å². The van der Waals surface area contributed by atoms with E-state index < -0.39 is 3.88 Å². The van der Waals surface area contributed by atoms with Crippen LogP contribution < -0.4 is 0 Å². The van der Waals surface area contributed by atoms with E-state index in [0.29, 0.717) is 32.0 Å². The molecule has 1 aliphatic rings. The van der Waals surface area contributed by atoms with E-state index in [2.05, 4.69) is 0 Å². The summed E-state index contributed by atoms with van der Waals surface area (Å²) in [4.78, 5) is 0. The molecule has 1 aliphatic carbocycles. The van der Waals surface area contributed by atoms with Crippen LogP contribution in [0.4, 0.5) is 0 Å². The van der Waals surface area contributed by atoms with Gasteiger partial charge in [0.1, 0.15) is 0 Å². The number of hydrogen-bond acceptors (Lipinski definition) is 0. The summed E-state index contributed by atoms with van der Waals surface area (Å²) < 4.78 is 14.4. The zero-order valence-electron chi connectivity index (χ0n) is 7.32. The van der Waals surface area contributed by atoms with Gasteiger partial charge in [0.15, 0.2) is 0 Å². The Morgan fingerprint density at radius 3 is 2.38 bits per heavy atom. The van der Waals surface area contributed by atoms with Crippen molar-refractivity contribution in [3.63, 3.8) is 0 Å². The molecule has 8 heavy (non-hydrogen) atoms. The van der Waals surface area contributed by atoms with Gasteiger partial charge in [-0.05, 0) is 0 Å². The Morgan fingerprint density at radius 1 is 1.38 bits per heavy atom. The Bertz CT molecular complexity index is 103. The van der Waals surface area contributed by atoms with Crippen LogP contribution in [-0.2, 0) is 26.1 Å². The zero-order valence-corrected chi connectivity index (χ0v) is 10.8. The van der Waals surface area contributed by atoms with E-state index in [1.807, 2.05) is 0 Å². The minimum atomic E-state index is -0.736. The first-order valence-corrected chi connectivity index (χ1v) is 6.21. The van der Waals surface area contributed by atoms with Crippen LogP contribution in [0, 0.1) is 5.92 Å². The van der Waals surface area contributed by atoms with Crippen molar-refractivity contribution in [3.05, 3.63) is 0 Å². The van der Waals surface area contributed by atoms with Crippen molar-refractivity contribution >= 4 is 0 Å². The van der Waals surface area contributed by atoms with Gasteiger partial charge in [-0.15, -0.1) is 0 Å². The molecule has 0 N–H and O–H groups in total. The first-order chi connectivity index (χ1) is 4.61. The van der Waals surface area contributed by atoms with Crippen LogP contribution in [0.1, 0.15) is 34.8 Å². The molecule has 1 heteroatoms. The summed E-state index contributed by atoms with van der Waals surface area (Å²) in [5, 5.41) is 0. The van der Waals surface area contributed by atoms with Gasteiger partial charge in [-0.3, -0.25) is 0 Å². The maximum atomic E-state index is 7.58. The van der Waals surface area contributed by atoms with Crippen LogP contribution in [-0.4, -0.2) is 0 Å². The molecule has 0 heterocycles. The molecule has 0 radical (unpaired) electrons. The second kappa shape index (κ2) is 3.87. The van der Waals surface area contributed by atoms with Crippen molar-refractivity contribution in [2.45, 2.75) is 36.0 Å². The molecule has 0 aliphatic heterocycles. The van der Waals surface area contributed by atoms with E-state index in [1.165, 1.54) is 19.3 Å². The zero-order chi connectivity index (χ0) is 7.61. The maximum absolute atomic E-state index is 7.58. The molecule has 1 fully saturated rings. The van der Waals surface area contributed by atoms with Gasteiger partial charge >= 0.3 is 70.8 Å². The summed E-state index contributed by atoms with van der Waals surface area (Å²) in [5.74, 6) is 0.421. The topological polar surface area (TPSA) is 0 Å². The van der Waals surface area contributed by atoms with E-state index in [0.717, 1.165) is 12.8 Å². The minimum absolute atomic E-state index is 0.299. The van der Waals surface area contributed by atoms with E-state index in [1.54, 1.807) is 0 Å². The van der Waals surface area contributed by atoms with Gasteiger partial charge in [-0.25, -0.2) is 0 Å². The first kappa shape index (κ1) is 4.70. The summed E-state index contributed by atoms with van der Waals surface area (Å²) in [7, 11) is 0. The van der Waals surface area contributed by atoms with Gasteiger partial charge in [0.2, 0.25) is 0 Å². The fourth-order valence-corrected chi connectivity index (χ4v) is 2.89. The van der Waals surface area contributed by atoms with Crippen molar-refractivity contribution in [1.29, 1.82) is 0 Å². The van der Waals surface area contributed by atoms with E-state index in [-0.39, 0.29) is 0 Å². The number of hydrogen-bond donors (Lipinski definition) is 0. The fraction of sp³-hybridized carbons (Fsp3) is 1.00. The average molecular weight is 300 g/mol. The molecule has 0 saturated heterocycles. The predicted octanol–water partition coefficient (Wildman–Crippen LogP) is 2.53. The Balaban J connectivity index is 2.39. The molecule has 1 saturated carbocycles. The summed E-state index contributed by atoms with van der Waals surface area (Å²) >= 11 is 0.299. The molecule has 0 unspecified atom stereocenters. The van der Waals surface area contributed by atoms with E-state index >= 15 is 0 Å². The van der Waals surface area contributed by atoms with Gasteiger partial charge < -0.3 is 0 Å². The van der Waals surface area contributed by atoms with E-state index in [9.17, 15) is 0 Å². The third kappa shape index (κ3) is 2.04. The molecule has 0 aromatic carbocycles. The molecule has 0 aromatic heterocycles. The van der Waals surface area contributed by atoms with Gasteiger partial charge in [0.25, 0.3) is 0 Å². The van der Waals surface area contributed by atoms with Crippen molar-refractivity contribution in [2.75, 3.05) is 0 Å². The second-order valence-corrected chi connectivity index (χ2v) is 4.13. The predicted molar refractivity (Wildman–Crippen MR) is 31.4 cm³/mol. The average Bonchev–Trinajstić information content (AvgIpc) is 1.88. The Hall–Kier alpha value is 0.935. The van der Waals surface area contributed by atoms with Crippen LogP contribution in [0.15, 0.2) is 0 Å². The third-order valence-corrected chi connectivity index (χ3v) is 4.14. The van der Waals surface area contributed by atoms with Gasteiger partial charge in [0, 0.05) is 0 Å². The Morgan fingerprint density at radius 2 is 2.00 bits per heavy atom. The summed E-state index contributed by atoms with van der Waals surface area (Å²) in [6.45, 7) is 0. The SMILES string of the molecule is [2H][C]([2H])([Hg])C1CCCCC1. The molecule has 0 aromatic rings. The van der Waals surface area contributed by atoms with Gasteiger partial charge in [-0.1, -0.05) is 0 Å². The molecule has 0 amide bonds. The van der Waals surface area contributed by atoms with Crippen molar-refractivity contribution in [2.24, 2.45) is 5.92 Å². The summed E-state index contributed by atoms with van der Waals surface area (Å²) in [5.41, 5.74) is 0. The van der Waals surface area contributed by atoms with Gasteiger partial charge in [0.05, 0.1) is 0 Å². The summed E-state index contributed by atoms with van der Waals surface area (Å²) in [6.07, 6.45) is 6.16. The molecule has 0 spiro atoms. The van der Waals surface area contributed by atoms with Crippen molar-refractivity contribution < 1.29 is 28.9 Å². The van der Waals surface area contributed by atoms with Crippen molar-refractivity contribution in [3.8, 4) is 0 Å². The van der Waals surface area contributed by atoms with E-state index in [4.69, 9.17) is 2.74 Å². The van der Waals surface area contributed by atoms with Crippen LogP contribution in [0.5, 0.6) is 0 Å². The molecular formula is C7H13Hg. The van der Waals surface area contributed by atoms with Crippen LogP contribution in [0.3, 0.4) is 0 Å². The molecule has 0 bridgehead atoms. The fourth-order valence-electron chi connectivity index (χ4n) is 1.31. The second-order valence-electron chi connectivity index (χ2n) is 2.54.